The van der Waals surface area contributed by atoms with Crippen LogP contribution in [0.25, 0.3) is 0 Å². The van der Waals surface area contributed by atoms with E-state index in [0.29, 0.717) is 25.2 Å². The number of piperidine rings is 1. The molecule has 0 aromatic heterocycles. The van der Waals surface area contributed by atoms with Crippen LogP contribution in [0.15, 0.2) is 0 Å². The van der Waals surface area contributed by atoms with Gasteiger partial charge >= 0.3 is 0 Å². The molecule has 3 atom stereocenters. The Morgan fingerprint density at radius 2 is 2.25 bits per heavy atom. The van der Waals surface area contributed by atoms with Crippen molar-refractivity contribution >= 4 is 5.91 Å². The molecule has 2 heterocycles. The molecule has 116 valence electrons. The normalized spacial score (nSPS) is 29.3. The molecule has 5 heteroatoms. The molecule has 0 aromatic carbocycles. The minimum absolute atomic E-state index is 0.0421. The smallest absolute Gasteiger partial charge is 0.237 e. The van der Waals surface area contributed by atoms with Gasteiger partial charge in [-0.3, -0.25) is 9.69 Å². The van der Waals surface area contributed by atoms with Crippen LogP contribution in [0.2, 0.25) is 0 Å². The van der Waals surface area contributed by atoms with E-state index in [9.17, 15) is 4.79 Å². The molecule has 2 rings (SSSR count). The molecule has 0 bridgehead atoms. The van der Waals surface area contributed by atoms with Crippen molar-refractivity contribution in [1.82, 2.24) is 15.5 Å². The van der Waals surface area contributed by atoms with Gasteiger partial charge in [0.05, 0.1) is 12.6 Å². The standard InChI is InChI=1S/C15H29N3O2/c1-12(15(19)17-9-11-20-2)18-10-4-3-7-14(18)13-6-5-8-16-13/h12-14,16H,3-11H2,1-2H3,(H,17,19). The second kappa shape index (κ2) is 7.96. The lowest BCUT2D eigenvalue weighted by molar-refractivity contribution is -0.127. The summed E-state index contributed by atoms with van der Waals surface area (Å²) in [6.45, 7) is 5.38. The monoisotopic (exact) mass is 283 g/mol. The van der Waals surface area contributed by atoms with E-state index in [0.717, 1.165) is 13.1 Å². The summed E-state index contributed by atoms with van der Waals surface area (Å²) >= 11 is 0. The Morgan fingerprint density at radius 3 is 2.95 bits per heavy atom. The summed E-state index contributed by atoms with van der Waals surface area (Å²) in [7, 11) is 1.65. The lowest BCUT2D eigenvalue weighted by atomic mass is 9.93. The van der Waals surface area contributed by atoms with E-state index >= 15 is 0 Å². The van der Waals surface area contributed by atoms with Gasteiger partial charge in [-0.25, -0.2) is 0 Å². The second-order valence-electron chi connectivity index (χ2n) is 5.96. The third-order valence-electron chi connectivity index (χ3n) is 4.64. The van der Waals surface area contributed by atoms with Crippen LogP contribution >= 0.6 is 0 Å². The molecule has 2 aliphatic heterocycles. The van der Waals surface area contributed by atoms with Crippen molar-refractivity contribution in [2.24, 2.45) is 0 Å². The summed E-state index contributed by atoms with van der Waals surface area (Å²) in [5.74, 6) is 0.131. The number of nitrogens with one attached hydrogen (secondary N) is 2. The lowest BCUT2D eigenvalue weighted by Gasteiger charge is -2.42. The lowest BCUT2D eigenvalue weighted by Crippen LogP contribution is -2.57. The largest absolute Gasteiger partial charge is 0.383 e. The zero-order valence-electron chi connectivity index (χ0n) is 12.9. The highest BCUT2D eigenvalue weighted by Crippen LogP contribution is 2.26. The molecule has 0 spiro atoms. The summed E-state index contributed by atoms with van der Waals surface area (Å²) in [5.41, 5.74) is 0. The van der Waals surface area contributed by atoms with Gasteiger partial charge in [-0.1, -0.05) is 6.42 Å². The Balaban J connectivity index is 1.90. The number of amides is 1. The van der Waals surface area contributed by atoms with Crippen molar-refractivity contribution < 1.29 is 9.53 Å². The molecule has 0 saturated carbocycles. The van der Waals surface area contributed by atoms with Gasteiger partial charge in [0.1, 0.15) is 0 Å². The van der Waals surface area contributed by atoms with Crippen molar-refractivity contribution in [3.63, 3.8) is 0 Å². The summed E-state index contributed by atoms with van der Waals surface area (Å²) in [6, 6.07) is 1.05. The Labute approximate surface area is 122 Å². The van der Waals surface area contributed by atoms with Gasteiger partial charge in [-0.2, -0.15) is 0 Å². The average Bonchev–Trinajstić information content (AvgIpc) is 3.00. The molecular formula is C15H29N3O2. The molecule has 5 nitrogen and oxygen atoms in total. The summed E-state index contributed by atoms with van der Waals surface area (Å²) < 4.78 is 4.98. The number of rotatable bonds is 6. The first kappa shape index (κ1) is 15.7. The third kappa shape index (κ3) is 3.93. The van der Waals surface area contributed by atoms with Crippen LogP contribution in [0.5, 0.6) is 0 Å². The molecule has 3 unspecified atom stereocenters. The van der Waals surface area contributed by atoms with E-state index in [1.54, 1.807) is 7.11 Å². The van der Waals surface area contributed by atoms with E-state index < -0.39 is 0 Å². The van der Waals surface area contributed by atoms with E-state index in [-0.39, 0.29) is 11.9 Å². The molecule has 0 aromatic rings. The maximum atomic E-state index is 12.2. The molecule has 2 fully saturated rings. The number of likely N-dealkylation sites (tertiary alicyclic amines) is 1. The Bertz CT molecular complexity index is 305. The predicted octanol–water partition coefficient (Wildman–Crippen LogP) is 0.744. The quantitative estimate of drug-likeness (QED) is 0.706. The van der Waals surface area contributed by atoms with Gasteiger partial charge < -0.3 is 15.4 Å². The van der Waals surface area contributed by atoms with Crippen LogP contribution in [-0.4, -0.2) is 62.3 Å². The molecule has 0 aliphatic carbocycles. The fourth-order valence-corrected chi connectivity index (χ4v) is 3.51. The van der Waals surface area contributed by atoms with Gasteiger partial charge in [-0.15, -0.1) is 0 Å². The van der Waals surface area contributed by atoms with Crippen molar-refractivity contribution in [3.8, 4) is 0 Å². The van der Waals surface area contributed by atoms with Crippen molar-refractivity contribution in [2.45, 2.75) is 57.2 Å². The Kier molecular flexibility index (Phi) is 6.26. The number of hydrogen-bond acceptors (Lipinski definition) is 4. The van der Waals surface area contributed by atoms with E-state index in [2.05, 4.69) is 15.5 Å². The minimum atomic E-state index is -0.0421. The highest BCUT2D eigenvalue weighted by atomic mass is 16.5. The summed E-state index contributed by atoms with van der Waals surface area (Å²) in [4.78, 5) is 14.7. The Morgan fingerprint density at radius 1 is 1.40 bits per heavy atom. The van der Waals surface area contributed by atoms with Gasteiger partial charge in [0.2, 0.25) is 5.91 Å². The minimum Gasteiger partial charge on any atom is -0.383 e. The third-order valence-corrected chi connectivity index (χ3v) is 4.64. The van der Waals surface area contributed by atoms with Gasteiger partial charge in [0, 0.05) is 25.7 Å². The van der Waals surface area contributed by atoms with Crippen molar-refractivity contribution in [1.29, 1.82) is 0 Å². The second-order valence-corrected chi connectivity index (χ2v) is 5.96. The molecule has 20 heavy (non-hydrogen) atoms. The highest BCUT2D eigenvalue weighted by molar-refractivity contribution is 5.81. The number of methoxy groups -OCH3 is 1. The average molecular weight is 283 g/mol. The highest BCUT2D eigenvalue weighted by Gasteiger charge is 2.35. The number of carbonyl (C=O) groups excluding carboxylic acids is 1. The molecule has 0 radical (unpaired) electrons. The summed E-state index contributed by atoms with van der Waals surface area (Å²) in [6.07, 6.45) is 6.23. The number of ether oxygens (including phenoxy) is 1. The van der Waals surface area contributed by atoms with Crippen molar-refractivity contribution in [2.75, 3.05) is 33.4 Å². The van der Waals surface area contributed by atoms with Crippen LogP contribution in [0.3, 0.4) is 0 Å². The van der Waals surface area contributed by atoms with Crippen LogP contribution in [-0.2, 0) is 9.53 Å². The zero-order chi connectivity index (χ0) is 14.4. The molecule has 1 amide bonds. The maximum absolute atomic E-state index is 12.2. The van der Waals surface area contributed by atoms with E-state index in [4.69, 9.17) is 4.74 Å². The van der Waals surface area contributed by atoms with Gasteiger partial charge in [0.15, 0.2) is 0 Å². The van der Waals surface area contributed by atoms with Crippen LogP contribution < -0.4 is 10.6 Å². The number of carbonyl (C=O) groups is 1. The van der Waals surface area contributed by atoms with Crippen LogP contribution in [0.4, 0.5) is 0 Å². The van der Waals surface area contributed by atoms with E-state index in [1.807, 2.05) is 6.92 Å². The molecule has 2 aliphatic rings. The first-order valence-electron chi connectivity index (χ1n) is 8.00. The zero-order valence-corrected chi connectivity index (χ0v) is 12.9. The van der Waals surface area contributed by atoms with Crippen molar-refractivity contribution in [3.05, 3.63) is 0 Å². The molecular weight excluding hydrogens is 254 g/mol. The molecule has 2 saturated heterocycles. The number of nitrogens with zero attached hydrogens (tertiary/aromatic N) is 1. The summed E-state index contributed by atoms with van der Waals surface area (Å²) in [5, 5.41) is 6.57. The number of hydrogen-bond donors (Lipinski definition) is 2. The maximum Gasteiger partial charge on any atom is 0.237 e. The van der Waals surface area contributed by atoms with Crippen LogP contribution in [0.1, 0.15) is 39.0 Å². The first-order valence-corrected chi connectivity index (χ1v) is 8.00. The topological polar surface area (TPSA) is 53.6 Å². The molecule has 2 N–H and O–H groups in total. The fraction of sp³-hybridized carbons (Fsp3) is 0.933. The van der Waals surface area contributed by atoms with Crippen LogP contribution in [0, 0.1) is 0 Å². The van der Waals surface area contributed by atoms with Gasteiger partial charge in [-0.05, 0) is 45.7 Å². The Hall–Kier alpha value is -0.650. The fourth-order valence-electron chi connectivity index (χ4n) is 3.51. The predicted molar refractivity (Wildman–Crippen MR) is 79.7 cm³/mol. The first-order chi connectivity index (χ1) is 9.74. The van der Waals surface area contributed by atoms with E-state index in [1.165, 1.54) is 32.1 Å². The SMILES string of the molecule is COCCNC(=O)C(C)N1CCCCC1C1CCCN1. The van der Waals surface area contributed by atoms with Gasteiger partial charge in [0.25, 0.3) is 0 Å².